The fraction of sp³-hybridized carbons (Fsp3) is 0.458. The van der Waals surface area contributed by atoms with Gasteiger partial charge in [-0.25, -0.2) is 0 Å². The summed E-state index contributed by atoms with van der Waals surface area (Å²) in [6.07, 6.45) is 15.1. The van der Waals surface area contributed by atoms with Crippen LogP contribution in [0.4, 0.5) is 0 Å². The maximum absolute atomic E-state index is 13.3. The Morgan fingerprint density at radius 1 is 0.914 bits per heavy atom. The standard InChI is InChI=1S/C48H64N4O6/c1-50-30-39(37-19-21-51-22-20-37)13-6-3-7-14-43(55)28-44(56)25-42(32-53)45-29-47(58-33-54)46(57)26-40(45)24-41-31-52-48(49)27-38(41)18-17-36-12-8-11-35(23-36)16-15-34-9-4-2-5-10-34/h2,4-5,8-12,23,25-27,29,31,37,39,48,50-54,57H,3,6-7,13-22,24,28,30,32-33,49H2,1H3. The van der Waals surface area contributed by atoms with E-state index in [1.165, 1.54) is 47.7 Å². The number of aliphatic hydroxyl groups is 2. The van der Waals surface area contributed by atoms with Crippen molar-refractivity contribution in [1.82, 2.24) is 16.0 Å². The van der Waals surface area contributed by atoms with E-state index in [0.29, 0.717) is 35.5 Å². The molecule has 1 saturated heterocycles. The minimum atomic E-state index is -0.667. The first-order valence-electron chi connectivity index (χ1n) is 21.1. The van der Waals surface area contributed by atoms with E-state index in [1.807, 2.05) is 25.4 Å². The van der Waals surface area contributed by atoms with Crippen LogP contribution in [0.3, 0.4) is 0 Å². The van der Waals surface area contributed by atoms with Crippen molar-refractivity contribution in [1.29, 1.82) is 0 Å². The minimum absolute atomic E-state index is 0.0157. The summed E-state index contributed by atoms with van der Waals surface area (Å²) in [6, 6.07) is 22.2. The Labute approximate surface area is 344 Å². The summed E-state index contributed by atoms with van der Waals surface area (Å²) in [5.74, 6) is 0.695. The lowest BCUT2D eigenvalue weighted by atomic mass is 9.81. The Morgan fingerprint density at radius 3 is 2.36 bits per heavy atom. The second-order valence-corrected chi connectivity index (χ2v) is 15.8. The van der Waals surface area contributed by atoms with Crippen LogP contribution in [0.2, 0.25) is 0 Å². The van der Waals surface area contributed by atoms with Crippen molar-refractivity contribution in [3.63, 3.8) is 0 Å². The van der Waals surface area contributed by atoms with Crippen LogP contribution >= 0.6 is 0 Å². The number of hydrogen-bond acceptors (Lipinski definition) is 10. The van der Waals surface area contributed by atoms with E-state index in [0.717, 1.165) is 88.1 Å². The fourth-order valence-corrected chi connectivity index (χ4v) is 8.39. The van der Waals surface area contributed by atoms with Crippen LogP contribution in [0.5, 0.6) is 11.5 Å². The largest absolute Gasteiger partial charge is 0.504 e. The maximum atomic E-state index is 13.3. The highest BCUT2D eigenvalue weighted by atomic mass is 16.6. The Kier molecular flexibility index (Phi) is 18.2. The molecule has 8 N–H and O–H groups in total. The average Bonchev–Trinajstić information content (AvgIpc) is 3.23. The molecular formula is C48H64N4O6. The predicted octanol–water partition coefficient (Wildman–Crippen LogP) is 6.07. The van der Waals surface area contributed by atoms with Crippen LogP contribution in [-0.2, 0) is 35.3 Å². The Bertz CT molecular complexity index is 1870. The molecule has 0 radical (unpaired) electrons. The van der Waals surface area contributed by atoms with E-state index in [9.17, 15) is 24.9 Å². The van der Waals surface area contributed by atoms with Crippen LogP contribution < -0.4 is 26.4 Å². The van der Waals surface area contributed by atoms with Gasteiger partial charge in [0.25, 0.3) is 0 Å². The molecular weight excluding hydrogens is 729 g/mol. The van der Waals surface area contributed by atoms with Crippen LogP contribution in [0, 0.1) is 11.8 Å². The first kappa shape index (κ1) is 44.5. The first-order valence-corrected chi connectivity index (χ1v) is 21.1. The number of hydrogen-bond donors (Lipinski definition) is 7. The lowest BCUT2D eigenvalue weighted by Crippen LogP contribution is -2.35. The van der Waals surface area contributed by atoms with Gasteiger partial charge in [-0.3, -0.25) is 9.59 Å². The van der Waals surface area contributed by atoms with E-state index in [1.54, 1.807) is 0 Å². The lowest BCUT2D eigenvalue weighted by Gasteiger charge is -2.30. The van der Waals surface area contributed by atoms with Crippen molar-refractivity contribution in [2.75, 3.05) is 40.1 Å². The van der Waals surface area contributed by atoms with Gasteiger partial charge in [0.2, 0.25) is 0 Å². The SMILES string of the molecule is CNCC(CCCCCC(=O)CC(=O)C=C(CO)c1cc(OCO)c(O)cc1CC1=CNC(N)C=C1CCc1cccc(CCc2ccccc2)c1)C1CCNCC1. The number of unbranched alkanes of at least 4 members (excludes halogenated alkanes) is 2. The highest BCUT2D eigenvalue weighted by Crippen LogP contribution is 2.36. The van der Waals surface area contributed by atoms with E-state index < -0.39 is 19.2 Å². The Balaban J connectivity index is 1.21. The van der Waals surface area contributed by atoms with E-state index in [2.05, 4.69) is 64.5 Å². The lowest BCUT2D eigenvalue weighted by molar-refractivity contribution is -0.124. The number of carbonyl (C=O) groups is 2. The van der Waals surface area contributed by atoms with Crippen molar-refractivity contribution in [3.05, 3.63) is 124 Å². The van der Waals surface area contributed by atoms with Gasteiger partial charge in [-0.2, -0.15) is 0 Å². The first-order chi connectivity index (χ1) is 28.3. The third kappa shape index (κ3) is 14.1. The number of Topliss-reactive ketones (excluding diaryl/α,β-unsaturated/α-hetero) is 1. The van der Waals surface area contributed by atoms with Gasteiger partial charge in [-0.1, -0.05) is 67.4 Å². The van der Waals surface area contributed by atoms with Gasteiger partial charge in [-0.15, -0.1) is 0 Å². The normalized spacial score (nSPS) is 16.6. The number of aryl methyl sites for hydroxylation is 3. The Hall–Kier alpha value is -4.58. The molecule has 10 nitrogen and oxygen atoms in total. The molecule has 2 aliphatic heterocycles. The molecule has 58 heavy (non-hydrogen) atoms. The molecule has 0 spiro atoms. The molecule has 10 heteroatoms. The number of benzene rings is 3. The number of nitrogens with two attached hydrogens (primary N) is 1. The molecule has 0 amide bonds. The maximum Gasteiger partial charge on any atom is 0.186 e. The third-order valence-electron chi connectivity index (χ3n) is 11.5. The molecule has 0 aliphatic carbocycles. The second-order valence-electron chi connectivity index (χ2n) is 15.8. The quantitative estimate of drug-likeness (QED) is 0.0245. The smallest absolute Gasteiger partial charge is 0.186 e. The molecule has 3 aromatic carbocycles. The van der Waals surface area contributed by atoms with Gasteiger partial charge in [-0.05, 0) is 165 Å². The van der Waals surface area contributed by atoms with E-state index in [4.69, 9.17) is 10.5 Å². The molecule has 0 aromatic heterocycles. The zero-order valence-corrected chi connectivity index (χ0v) is 34.2. The number of nitrogens with one attached hydrogen (secondary N) is 3. The Morgan fingerprint density at radius 2 is 1.64 bits per heavy atom. The molecule has 5 rings (SSSR count). The van der Waals surface area contributed by atoms with Crippen LogP contribution in [0.25, 0.3) is 5.57 Å². The molecule has 312 valence electrons. The zero-order chi connectivity index (χ0) is 41.1. The van der Waals surface area contributed by atoms with Gasteiger partial charge < -0.3 is 41.7 Å². The second kappa shape index (κ2) is 23.7. The number of phenols is 1. The highest BCUT2D eigenvalue weighted by molar-refractivity contribution is 6.07. The molecule has 3 aromatic rings. The van der Waals surface area contributed by atoms with Crippen molar-refractivity contribution in [2.24, 2.45) is 17.6 Å². The number of carbonyl (C=O) groups excluding carboxylic acids is 2. The number of ether oxygens (including phenoxy) is 1. The molecule has 2 unspecified atom stereocenters. The monoisotopic (exact) mass is 792 g/mol. The fourth-order valence-electron chi connectivity index (χ4n) is 8.39. The van der Waals surface area contributed by atoms with Gasteiger partial charge in [0.1, 0.15) is 5.78 Å². The number of ketones is 2. The van der Waals surface area contributed by atoms with Crippen molar-refractivity contribution >= 4 is 17.1 Å². The average molecular weight is 793 g/mol. The summed E-state index contributed by atoms with van der Waals surface area (Å²) in [6.45, 7) is 2.04. The summed E-state index contributed by atoms with van der Waals surface area (Å²) < 4.78 is 5.28. The molecule has 2 aliphatic rings. The number of rotatable bonds is 24. The zero-order valence-electron chi connectivity index (χ0n) is 34.2. The van der Waals surface area contributed by atoms with Crippen LogP contribution in [-0.4, -0.2) is 73.1 Å². The number of allylic oxidation sites excluding steroid dienone is 3. The molecule has 0 bridgehead atoms. The van der Waals surface area contributed by atoms with Gasteiger partial charge in [0.15, 0.2) is 24.1 Å². The van der Waals surface area contributed by atoms with E-state index >= 15 is 0 Å². The van der Waals surface area contributed by atoms with Gasteiger partial charge in [0, 0.05) is 12.6 Å². The predicted molar refractivity (Wildman–Crippen MR) is 231 cm³/mol. The number of phenolic OH excluding ortho intramolecular Hbond substituents is 1. The summed E-state index contributed by atoms with van der Waals surface area (Å²) >= 11 is 0. The molecule has 0 saturated carbocycles. The highest BCUT2D eigenvalue weighted by Gasteiger charge is 2.23. The van der Waals surface area contributed by atoms with E-state index in [-0.39, 0.29) is 29.9 Å². The van der Waals surface area contributed by atoms with Crippen molar-refractivity contribution in [3.8, 4) is 11.5 Å². The van der Waals surface area contributed by atoms with Crippen LogP contribution in [0.15, 0.2) is 96.2 Å². The van der Waals surface area contributed by atoms with Gasteiger partial charge >= 0.3 is 0 Å². The third-order valence-corrected chi connectivity index (χ3v) is 11.5. The van der Waals surface area contributed by atoms with Crippen molar-refractivity contribution < 1.29 is 29.6 Å². The summed E-state index contributed by atoms with van der Waals surface area (Å²) in [7, 11) is 2.01. The number of aromatic hydroxyl groups is 1. The minimum Gasteiger partial charge on any atom is -0.504 e. The summed E-state index contributed by atoms with van der Waals surface area (Å²) in [4.78, 5) is 26.2. The van der Waals surface area contributed by atoms with Gasteiger partial charge in [0.05, 0.1) is 19.2 Å². The number of dihydropyridines is 1. The summed E-state index contributed by atoms with van der Waals surface area (Å²) in [5.41, 5.74) is 13.6. The summed E-state index contributed by atoms with van der Waals surface area (Å²) in [5, 5.41) is 40.9. The molecule has 2 atom stereocenters. The molecule has 2 heterocycles. The topological polar surface area (TPSA) is 166 Å². The number of piperidine rings is 1. The van der Waals surface area contributed by atoms with Crippen LogP contribution in [0.1, 0.15) is 85.6 Å². The molecule has 1 fully saturated rings. The number of aliphatic hydroxyl groups excluding tert-OH is 2. The van der Waals surface area contributed by atoms with Crippen molar-refractivity contribution in [2.45, 2.75) is 89.6 Å².